The first-order valence-corrected chi connectivity index (χ1v) is 23.2. The third kappa shape index (κ3) is 7.12. The fraction of sp³-hybridized carbons (Fsp3) is 0. The van der Waals surface area contributed by atoms with Crippen molar-refractivity contribution in [1.29, 1.82) is 0 Å². The third-order valence-corrected chi connectivity index (χ3v) is 13.1. The van der Waals surface area contributed by atoms with Crippen molar-refractivity contribution in [3.05, 3.63) is 243 Å². The molecule has 0 unspecified atom stereocenters. The zero-order valence-electron chi connectivity index (χ0n) is 37.3. The molecule has 322 valence electrons. The standard InChI is InChI=1S/C64H40N4O/c1-7-21-41(22-8-1)51-37-53(58-40-57(45-29-15-5-16-30-45)65-63(68-58)46-31-17-6-18-32-46)49-35-19-33-47-48-34-20-36-50-54(38-52(42-23-9-2-10-24-42)62(60(48)50)69-61(51)59(47)49)64-66-55(43-25-11-3-12-26-43)39-56(67-64)44-27-13-4-14-28-44/h1-40H. The molecule has 3 heterocycles. The van der Waals surface area contributed by atoms with Crippen LogP contribution >= 0.6 is 0 Å². The van der Waals surface area contributed by atoms with Gasteiger partial charge in [0.1, 0.15) is 11.2 Å². The first kappa shape index (κ1) is 40.0. The molecule has 0 saturated heterocycles. The molecule has 0 atom stereocenters. The molecule has 13 rings (SSSR count). The van der Waals surface area contributed by atoms with Gasteiger partial charge in [0, 0.05) is 55.3 Å². The molecule has 10 aromatic carbocycles. The van der Waals surface area contributed by atoms with Crippen LogP contribution in [0.4, 0.5) is 0 Å². The molecule has 0 N–H and O–H groups in total. The Labute approximate surface area is 398 Å². The van der Waals surface area contributed by atoms with Gasteiger partial charge in [0.25, 0.3) is 0 Å². The summed E-state index contributed by atoms with van der Waals surface area (Å²) in [5.74, 6) is 1.30. The first-order valence-electron chi connectivity index (χ1n) is 23.2. The third-order valence-electron chi connectivity index (χ3n) is 13.1. The molecule has 5 nitrogen and oxygen atoms in total. The summed E-state index contributed by atoms with van der Waals surface area (Å²) in [6, 6.07) is 84.3. The average molecular weight is 881 g/mol. The lowest BCUT2D eigenvalue weighted by Crippen LogP contribution is -1.97. The summed E-state index contributed by atoms with van der Waals surface area (Å²) in [7, 11) is 0. The minimum atomic E-state index is 0.635. The fourth-order valence-electron chi connectivity index (χ4n) is 9.85. The minimum Gasteiger partial charge on any atom is -0.455 e. The molecule has 0 bridgehead atoms. The highest BCUT2D eigenvalue weighted by atomic mass is 16.3. The normalized spacial score (nSPS) is 11.5. The lowest BCUT2D eigenvalue weighted by molar-refractivity contribution is 0.666. The number of rotatable bonds is 8. The number of hydrogen-bond acceptors (Lipinski definition) is 5. The van der Waals surface area contributed by atoms with Crippen molar-refractivity contribution < 1.29 is 4.42 Å². The Morgan fingerprint density at radius 2 is 0.565 bits per heavy atom. The maximum Gasteiger partial charge on any atom is 0.161 e. The van der Waals surface area contributed by atoms with Gasteiger partial charge in [-0.2, -0.15) is 0 Å². The van der Waals surface area contributed by atoms with E-state index in [4.69, 9.17) is 24.4 Å². The molecule has 69 heavy (non-hydrogen) atoms. The van der Waals surface area contributed by atoms with E-state index in [0.29, 0.717) is 11.6 Å². The fourth-order valence-corrected chi connectivity index (χ4v) is 9.85. The summed E-state index contributed by atoms with van der Waals surface area (Å²) in [6.07, 6.45) is 0. The molecular formula is C64H40N4O. The Bertz CT molecular complexity index is 3650. The number of benzene rings is 10. The van der Waals surface area contributed by atoms with Crippen LogP contribution in [-0.2, 0) is 0 Å². The molecule has 0 radical (unpaired) electrons. The number of aromatic nitrogens is 4. The Balaban J connectivity index is 1.17. The molecule has 0 aliphatic carbocycles. The van der Waals surface area contributed by atoms with E-state index in [-0.39, 0.29) is 0 Å². The van der Waals surface area contributed by atoms with Gasteiger partial charge in [-0.3, -0.25) is 0 Å². The summed E-state index contributed by atoms with van der Waals surface area (Å²) in [5, 5.41) is 6.14. The molecule has 0 amide bonds. The van der Waals surface area contributed by atoms with E-state index in [9.17, 15) is 0 Å². The van der Waals surface area contributed by atoms with Crippen LogP contribution in [0.15, 0.2) is 247 Å². The van der Waals surface area contributed by atoms with Gasteiger partial charge in [-0.1, -0.05) is 218 Å². The van der Waals surface area contributed by atoms with E-state index in [1.165, 1.54) is 0 Å². The largest absolute Gasteiger partial charge is 0.455 e. The molecule has 0 saturated carbocycles. The van der Waals surface area contributed by atoms with Crippen molar-refractivity contribution in [2.45, 2.75) is 0 Å². The predicted octanol–water partition coefficient (Wildman–Crippen LogP) is 16.8. The van der Waals surface area contributed by atoms with E-state index < -0.39 is 0 Å². The monoisotopic (exact) mass is 880 g/mol. The van der Waals surface area contributed by atoms with Gasteiger partial charge in [0.15, 0.2) is 11.6 Å². The quantitative estimate of drug-likeness (QED) is 0.152. The van der Waals surface area contributed by atoms with Crippen LogP contribution in [-0.4, -0.2) is 19.9 Å². The summed E-state index contributed by atoms with van der Waals surface area (Å²) in [5.41, 5.74) is 14.8. The minimum absolute atomic E-state index is 0.635. The Hall–Kier alpha value is -9.32. The van der Waals surface area contributed by atoms with Gasteiger partial charge in [-0.25, -0.2) is 19.9 Å². The predicted molar refractivity (Wildman–Crippen MR) is 283 cm³/mol. The van der Waals surface area contributed by atoms with Crippen molar-refractivity contribution in [2.75, 3.05) is 0 Å². The lowest BCUT2D eigenvalue weighted by atomic mass is 9.90. The van der Waals surface area contributed by atoms with Crippen LogP contribution in [0.3, 0.4) is 0 Å². The van der Waals surface area contributed by atoms with Gasteiger partial charge >= 0.3 is 0 Å². The molecule has 0 aliphatic rings. The molecule has 3 aromatic heterocycles. The van der Waals surface area contributed by atoms with Gasteiger partial charge in [0.2, 0.25) is 0 Å². The smallest absolute Gasteiger partial charge is 0.161 e. The van der Waals surface area contributed by atoms with Crippen LogP contribution in [0.2, 0.25) is 0 Å². The van der Waals surface area contributed by atoms with Crippen LogP contribution < -0.4 is 0 Å². The number of nitrogens with zero attached hydrogens (tertiary/aromatic N) is 4. The zero-order valence-corrected chi connectivity index (χ0v) is 37.3. The lowest BCUT2D eigenvalue weighted by Gasteiger charge is -2.15. The second-order valence-corrected chi connectivity index (χ2v) is 17.3. The van der Waals surface area contributed by atoms with Crippen molar-refractivity contribution in [2.24, 2.45) is 0 Å². The summed E-state index contributed by atoms with van der Waals surface area (Å²) in [6.45, 7) is 0. The van der Waals surface area contributed by atoms with E-state index in [2.05, 4.69) is 206 Å². The van der Waals surface area contributed by atoms with Crippen molar-refractivity contribution in [3.63, 3.8) is 0 Å². The van der Waals surface area contributed by atoms with Crippen molar-refractivity contribution in [3.8, 4) is 90.1 Å². The summed E-state index contributed by atoms with van der Waals surface area (Å²) < 4.78 is 7.70. The van der Waals surface area contributed by atoms with Gasteiger partial charge in [-0.15, -0.1) is 0 Å². The average Bonchev–Trinajstić information content (AvgIpc) is 3.58. The molecule has 13 aromatic rings. The molecule has 5 heteroatoms. The van der Waals surface area contributed by atoms with Gasteiger partial charge in [-0.05, 0) is 56.9 Å². The van der Waals surface area contributed by atoms with E-state index in [0.717, 1.165) is 122 Å². The second-order valence-electron chi connectivity index (χ2n) is 17.3. The highest BCUT2D eigenvalue weighted by molar-refractivity contribution is 6.29. The summed E-state index contributed by atoms with van der Waals surface area (Å²) >= 11 is 0. The molecule has 0 fully saturated rings. The first-order chi connectivity index (χ1) is 34.2. The van der Waals surface area contributed by atoms with E-state index in [1.54, 1.807) is 0 Å². The molecule has 0 spiro atoms. The van der Waals surface area contributed by atoms with Crippen molar-refractivity contribution in [1.82, 2.24) is 19.9 Å². The number of hydrogen-bond donors (Lipinski definition) is 0. The van der Waals surface area contributed by atoms with E-state index in [1.807, 2.05) is 36.4 Å². The summed E-state index contributed by atoms with van der Waals surface area (Å²) in [4.78, 5) is 21.3. The zero-order chi connectivity index (χ0) is 45.7. The van der Waals surface area contributed by atoms with Crippen LogP contribution in [0.25, 0.3) is 134 Å². The van der Waals surface area contributed by atoms with Gasteiger partial charge in [0.05, 0.1) is 22.8 Å². The maximum absolute atomic E-state index is 7.70. The van der Waals surface area contributed by atoms with Crippen LogP contribution in [0.1, 0.15) is 0 Å². The van der Waals surface area contributed by atoms with Gasteiger partial charge < -0.3 is 4.42 Å². The number of fused-ring (bicyclic) bond motifs is 1. The van der Waals surface area contributed by atoms with Crippen molar-refractivity contribution >= 4 is 43.5 Å². The maximum atomic E-state index is 7.70. The Morgan fingerprint density at radius 3 is 1.01 bits per heavy atom. The van der Waals surface area contributed by atoms with Crippen LogP contribution in [0, 0.1) is 0 Å². The Kier molecular flexibility index (Phi) is 9.76. The molecule has 0 aliphatic heterocycles. The Morgan fingerprint density at radius 1 is 0.232 bits per heavy atom. The second kappa shape index (κ2) is 16.8. The highest BCUT2D eigenvalue weighted by Crippen LogP contribution is 2.48. The van der Waals surface area contributed by atoms with E-state index >= 15 is 0 Å². The highest BCUT2D eigenvalue weighted by Gasteiger charge is 2.24. The van der Waals surface area contributed by atoms with Crippen LogP contribution in [0.5, 0.6) is 0 Å². The SMILES string of the molecule is c1ccc(-c2cc(-c3cc(-c4ccccc4)c4oc5c(-c6ccccc6)cc(-c6nc(-c7ccccc7)cc(-c7ccccc7)n6)c6cccc(c7cccc3c47)c65)nc(-c3ccccc3)n2)cc1. The molecular weight excluding hydrogens is 841 g/mol. The topological polar surface area (TPSA) is 64.7 Å².